The summed E-state index contributed by atoms with van der Waals surface area (Å²) in [5.41, 5.74) is 0. The van der Waals surface area contributed by atoms with Gasteiger partial charge in [0.05, 0.1) is 0 Å². The van der Waals surface area contributed by atoms with E-state index in [1.165, 1.54) is 11.3 Å². The molecule has 0 atom stereocenters. The summed E-state index contributed by atoms with van der Waals surface area (Å²) >= 11 is 4.77. The van der Waals surface area contributed by atoms with Crippen molar-refractivity contribution in [2.24, 2.45) is 0 Å². The van der Waals surface area contributed by atoms with Crippen molar-refractivity contribution >= 4 is 27.3 Å². The summed E-state index contributed by atoms with van der Waals surface area (Å²) in [7, 11) is 0. The lowest BCUT2D eigenvalue weighted by atomic mass is 10.4. The van der Waals surface area contributed by atoms with Gasteiger partial charge in [0.15, 0.2) is 5.01 Å². The highest BCUT2D eigenvalue weighted by atomic mass is 79.9. The molecule has 0 amide bonds. The Balaban J connectivity index is 2.71. The molecule has 1 heterocycles. The topological polar surface area (TPSA) is 36.7 Å². The second-order valence-electron chi connectivity index (χ2n) is 1.68. The van der Waals surface area contributed by atoms with Gasteiger partial charge >= 0.3 is 0 Å². The molecule has 0 bridgehead atoms. The van der Waals surface area contributed by atoms with Crippen molar-refractivity contribution in [1.82, 2.24) is 4.98 Å². The van der Waals surface area contributed by atoms with E-state index in [-0.39, 0.29) is 0 Å². The van der Waals surface area contributed by atoms with Crippen LogP contribution in [0.3, 0.4) is 0 Å². The number of halogens is 1. The number of hydrogen-bond donors (Lipinski definition) is 0. The van der Waals surface area contributed by atoms with Gasteiger partial charge in [0.1, 0.15) is 6.07 Å². The van der Waals surface area contributed by atoms with E-state index in [1.54, 1.807) is 6.20 Å². The molecule has 0 aliphatic heterocycles. The van der Waals surface area contributed by atoms with Gasteiger partial charge in [-0.1, -0.05) is 15.9 Å². The third-order valence-corrected chi connectivity index (χ3v) is 2.35. The standard InChI is InChI=1S/C6H5BrN2S/c7-2-1-5-4-9-6(3-8)10-5/h4H,1-2H2. The van der Waals surface area contributed by atoms with Crippen molar-refractivity contribution in [3.8, 4) is 6.07 Å². The first-order valence-electron chi connectivity index (χ1n) is 2.77. The first-order chi connectivity index (χ1) is 4.86. The first kappa shape index (κ1) is 7.70. The predicted molar refractivity (Wildman–Crippen MR) is 44.3 cm³/mol. The maximum absolute atomic E-state index is 8.41. The number of nitrogens with zero attached hydrogens (tertiary/aromatic N) is 2. The minimum atomic E-state index is 0.552. The Bertz CT molecular complexity index is 250. The van der Waals surface area contributed by atoms with Gasteiger partial charge in [-0.2, -0.15) is 5.26 Å². The van der Waals surface area contributed by atoms with E-state index in [1.807, 2.05) is 6.07 Å². The fourth-order valence-electron chi connectivity index (χ4n) is 0.568. The highest BCUT2D eigenvalue weighted by molar-refractivity contribution is 9.09. The second-order valence-corrected chi connectivity index (χ2v) is 3.59. The zero-order valence-corrected chi connectivity index (χ0v) is 7.57. The van der Waals surface area contributed by atoms with Gasteiger partial charge < -0.3 is 0 Å². The number of aromatic nitrogens is 1. The molecule has 0 fully saturated rings. The van der Waals surface area contributed by atoms with Crippen LogP contribution < -0.4 is 0 Å². The van der Waals surface area contributed by atoms with Gasteiger partial charge in [-0.3, -0.25) is 0 Å². The Hall–Kier alpha value is -0.400. The number of nitriles is 1. The van der Waals surface area contributed by atoms with E-state index >= 15 is 0 Å². The quantitative estimate of drug-likeness (QED) is 0.710. The molecule has 0 N–H and O–H groups in total. The first-order valence-corrected chi connectivity index (χ1v) is 4.71. The zero-order chi connectivity index (χ0) is 7.40. The molecule has 0 aromatic carbocycles. The van der Waals surface area contributed by atoms with Crippen molar-refractivity contribution in [2.75, 3.05) is 5.33 Å². The fraction of sp³-hybridized carbons (Fsp3) is 0.333. The molecule has 0 saturated heterocycles. The smallest absolute Gasteiger partial charge is 0.194 e. The van der Waals surface area contributed by atoms with E-state index in [0.29, 0.717) is 5.01 Å². The monoisotopic (exact) mass is 216 g/mol. The van der Waals surface area contributed by atoms with Crippen LogP contribution in [-0.4, -0.2) is 10.3 Å². The molecule has 1 aromatic heterocycles. The van der Waals surface area contributed by atoms with Crippen molar-refractivity contribution < 1.29 is 0 Å². The highest BCUT2D eigenvalue weighted by Crippen LogP contribution is 2.12. The van der Waals surface area contributed by atoms with Crippen molar-refractivity contribution in [2.45, 2.75) is 6.42 Å². The molecule has 0 aliphatic carbocycles. The van der Waals surface area contributed by atoms with Crippen molar-refractivity contribution in [3.05, 3.63) is 16.1 Å². The van der Waals surface area contributed by atoms with Gasteiger partial charge in [-0.05, 0) is 6.42 Å². The second kappa shape index (κ2) is 3.69. The normalized spacial score (nSPS) is 9.20. The average Bonchev–Trinajstić information content (AvgIpc) is 2.37. The molecular formula is C6H5BrN2S. The molecule has 0 saturated carbocycles. The van der Waals surface area contributed by atoms with Gasteiger partial charge in [-0.25, -0.2) is 4.98 Å². The van der Waals surface area contributed by atoms with E-state index in [2.05, 4.69) is 20.9 Å². The van der Waals surface area contributed by atoms with Crippen molar-refractivity contribution in [1.29, 1.82) is 5.26 Å². The highest BCUT2D eigenvalue weighted by Gasteiger charge is 1.98. The molecule has 0 radical (unpaired) electrons. The minimum Gasteiger partial charge on any atom is -0.234 e. The SMILES string of the molecule is N#Cc1ncc(CCBr)s1. The lowest BCUT2D eigenvalue weighted by molar-refractivity contribution is 1.19. The summed E-state index contributed by atoms with van der Waals surface area (Å²) in [5.74, 6) is 0. The number of thiazole rings is 1. The van der Waals surface area contributed by atoms with Crippen LogP contribution in [0.4, 0.5) is 0 Å². The molecular weight excluding hydrogens is 212 g/mol. The predicted octanol–water partition coefficient (Wildman–Crippen LogP) is 1.95. The molecule has 1 rings (SSSR count). The number of alkyl halides is 1. The minimum absolute atomic E-state index is 0.552. The Morgan fingerprint density at radius 2 is 2.60 bits per heavy atom. The molecule has 0 aliphatic rings. The van der Waals surface area contributed by atoms with Crippen LogP contribution in [0.5, 0.6) is 0 Å². The summed E-state index contributed by atoms with van der Waals surface area (Å²) in [6, 6.07) is 2.00. The zero-order valence-electron chi connectivity index (χ0n) is 5.17. The number of rotatable bonds is 2. The lowest BCUT2D eigenvalue weighted by Gasteiger charge is -1.83. The van der Waals surface area contributed by atoms with Crippen LogP contribution in [0, 0.1) is 11.3 Å². The molecule has 0 spiro atoms. The van der Waals surface area contributed by atoms with Crippen LogP contribution in [0.2, 0.25) is 0 Å². The molecule has 0 unspecified atom stereocenters. The summed E-state index contributed by atoms with van der Waals surface area (Å²) < 4.78 is 0. The Labute approximate surface area is 71.6 Å². The van der Waals surface area contributed by atoms with E-state index in [0.717, 1.165) is 16.6 Å². The van der Waals surface area contributed by atoms with E-state index in [9.17, 15) is 0 Å². The summed E-state index contributed by atoms with van der Waals surface area (Å²) in [6.07, 6.45) is 2.71. The molecule has 10 heavy (non-hydrogen) atoms. The van der Waals surface area contributed by atoms with E-state index < -0.39 is 0 Å². The van der Waals surface area contributed by atoms with Gasteiger partial charge in [0, 0.05) is 16.4 Å². The van der Waals surface area contributed by atoms with Crippen LogP contribution in [-0.2, 0) is 6.42 Å². The van der Waals surface area contributed by atoms with Gasteiger partial charge in [-0.15, -0.1) is 11.3 Å². The molecule has 52 valence electrons. The van der Waals surface area contributed by atoms with Gasteiger partial charge in [0.2, 0.25) is 0 Å². The Morgan fingerprint density at radius 3 is 3.10 bits per heavy atom. The maximum atomic E-state index is 8.41. The molecule has 1 aromatic rings. The molecule has 2 nitrogen and oxygen atoms in total. The summed E-state index contributed by atoms with van der Waals surface area (Å²) in [5, 5.41) is 9.89. The van der Waals surface area contributed by atoms with Crippen LogP contribution >= 0.6 is 27.3 Å². The summed E-state index contributed by atoms with van der Waals surface area (Å²) in [6.45, 7) is 0. The summed E-state index contributed by atoms with van der Waals surface area (Å²) in [4.78, 5) is 5.05. The van der Waals surface area contributed by atoms with Crippen LogP contribution in [0.25, 0.3) is 0 Å². The van der Waals surface area contributed by atoms with E-state index in [4.69, 9.17) is 5.26 Å². The number of hydrogen-bond acceptors (Lipinski definition) is 3. The van der Waals surface area contributed by atoms with Gasteiger partial charge in [0.25, 0.3) is 0 Å². The fourth-order valence-corrected chi connectivity index (χ4v) is 1.97. The third-order valence-electron chi connectivity index (χ3n) is 0.990. The lowest BCUT2D eigenvalue weighted by Crippen LogP contribution is -1.76. The average molecular weight is 217 g/mol. The van der Waals surface area contributed by atoms with Crippen molar-refractivity contribution in [3.63, 3.8) is 0 Å². The van der Waals surface area contributed by atoms with Crippen LogP contribution in [0.1, 0.15) is 9.88 Å². The Morgan fingerprint density at radius 1 is 1.80 bits per heavy atom. The number of aryl methyl sites for hydroxylation is 1. The Kier molecular flexibility index (Phi) is 2.84. The van der Waals surface area contributed by atoms with Crippen LogP contribution in [0.15, 0.2) is 6.20 Å². The third kappa shape index (κ3) is 1.79. The largest absolute Gasteiger partial charge is 0.234 e. The maximum Gasteiger partial charge on any atom is 0.194 e. The molecule has 4 heteroatoms.